The molecule has 0 N–H and O–H groups in total. The first-order chi connectivity index (χ1) is 35.0. The predicted molar refractivity (Wildman–Crippen MR) is 306 cm³/mol. The molecule has 0 aliphatic heterocycles. The summed E-state index contributed by atoms with van der Waals surface area (Å²) in [6.45, 7) is 6.23. The summed E-state index contributed by atoms with van der Waals surface area (Å²) in [7, 11) is 0. The molecule has 394 valence electrons. The minimum atomic E-state index is -0.854. The van der Waals surface area contributed by atoms with Crippen LogP contribution in [0.5, 0.6) is 0 Å². The van der Waals surface area contributed by atoms with E-state index in [9.17, 15) is 14.4 Å². The molecule has 0 unspecified atom stereocenters. The number of allylic oxidation sites excluding steroid dienone is 28. The zero-order valence-corrected chi connectivity index (χ0v) is 44.9. The lowest BCUT2D eigenvalue weighted by Gasteiger charge is -2.18. The van der Waals surface area contributed by atoms with E-state index in [0.29, 0.717) is 12.8 Å². The number of esters is 3. The molecule has 0 heterocycles. The average molecular weight is 975 g/mol. The Bertz CT molecular complexity index is 1690. The molecule has 0 radical (unpaired) electrons. The zero-order chi connectivity index (χ0) is 51.4. The van der Waals surface area contributed by atoms with Gasteiger partial charge in [-0.25, -0.2) is 0 Å². The topological polar surface area (TPSA) is 78.9 Å². The third-order valence-electron chi connectivity index (χ3n) is 10.7. The van der Waals surface area contributed by atoms with Crippen molar-refractivity contribution >= 4 is 17.9 Å². The molecule has 0 saturated heterocycles. The highest BCUT2D eigenvalue weighted by molar-refractivity contribution is 5.71. The standard InChI is InChI=1S/C65H98O6/c1-4-7-10-13-16-19-22-25-28-31-32-35-37-40-43-46-49-52-55-58-64(67)70-61-62(71-65(68)59-56-53-50-47-44-41-38-34-30-27-24-21-18-15-12-9-6-3)60-69-63(66)57-54-51-48-45-42-39-36-33-29-26-23-20-17-14-11-8-5-2/h8-9,11-12,16-21,25-30,32,35-36,38-41,43,45,47-48,50,62H,4-7,10,13-15,22-24,31,33-34,37,42,44,46,49,51-61H2,1-3H3/b11-8-,12-9-,19-16-,20-17-,21-18-,28-25-,29-26-,30-27-,35-32-,39-36-,41-38-,43-40-,48-45-,50-47-/t62-/m1/s1. The first kappa shape index (κ1) is 65.8. The van der Waals surface area contributed by atoms with E-state index in [0.717, 1.165) is 122 Å². The van der Waals surface area contributed by atoms with Gasteiger partial charge in [0, 0.05) is 19.3 Å². The SMILES string of the molecule is CC/C=C\C/C=C\C/C=C\C/C=C\C/C=C\CCCC(=O)OC[C@H](COC(=O)CCCCC/C=C\C/C=C\C/C=C\C/C=C\CCCCC)OC(=O)CCC/C=C\C/C=C\C/C=C\C/C=C\C/C=C\CC. The van der Waals surface area contributed by atoms with Gasteiger partial charge in [-0.05, 0) is 141 Å². The second kappa shape index (κ2) is 57.3. The zero-order valence-electron chi connectivity index (χ0n) is 44.9. The van der Waals surface area contributed by atoms with E-state index >= 15 is 0 Å². The van der Waals surface area contributed by atoms with E-state index < -0.39 is 12.1 Å². The Morgan fingerprint density at radius 3 is 0.887 bits per heavy atom. The quantitative estimate of drug-likeness (QED) is 0.0262. The molecule has 0 aliphatic carbocycles. The van der Waals surface area contributed by atoms with Gasteiger partial charge in [0.1, 0.15) is 13.2 Å². The van der Waals surface area contributed by atoms with E-state index in [2.05, 4.69) is 191 Å². The molecule has 0 bridgehead atoms. The molecule has 0 rings (SSSR count). The van der Waals surface area contributed by atoms with Crippen LogP contribution in [0.15, 0.2) is 170 Å². The molecule has 6 nitrogen and oxygen atoms in total. The number of unbranched alkanes of at least 4 members (excludes halogenated alkanes) is 8. The maximum atomic E-state index is 12.8. The normalized spacial score (nSPS) is 13.5. The highest BCUT2D eigenvalue weighted by Gasteiger charge is 2.19. The smallest absolute Gasteiger partial charge is 0.306 e. The molecule has 6 heteroatoms. The van der Waals surface area contributed by atoms with Crippen molar-refractivity contribution in [1.82, 2.24) is 0 Å². The fourth-order valence-corrected chi connectivity index (χ4v) is 6.61. The molecular weight excluding hydrogens is 877 g/mol. The number of ether oxygens (including phenoxy) is 3. The average Bonchev–Trinajstić information content (AvgIpc) is 3.37. The first-order valence-electron chi connectivity index (χ1n) is 27.6. The first-order valence-corrected chi connectivity index (χ1v) is 27.6. The lowest BCUT2D eigenvalue weighted by Crippen LogP contribution is -2.30. The Balaban J connectivity index is 4.67. The van der Waals surface area contributed by atoms with E-state index in [1.54, 1.807) is 0 Å². The molecule has 0 aromatic rings. The number of hydrogen-bond donors (Lipinski definition) is 0. The summed E-state index contributed by atoms with van der Waals surface area (Å²) in [5.41, 5.74) is 0. The second-order valence-corrected chi connectivity index (χ2v) is 17.4. The van der Waals surface area contributed by atoms with Crippen molar-refractivity contribution in [2.24, 2.45) is 0 Å². The van der Waals surface area contributed by atoms with Crippen LogP contribution in [0.4, 0.5) is 0 Å². The summed E-state index contributed by atoms with van der Waals surface area (Å²) in [4.78, 5) is 38.1. The van der Waals surface area contributed by atoms with E-state index in [1.165, 1.54) is 25.7 Å². The number of carbonyl (C=O) groups is 3. The largest absolute Gasteiger partial charge is 0.462 e. The third-order valence-corrected chi connectivity index (χ3v) is 10.7. The van der Waals surface area contributed by atoms with Gasteiger partial charge >= 0.3 is 17.9 Å². The molecule has 1 atom stereocenters. The van der Waals surface area contributed by atoms with Gasteiger partial charge in [0.25, 0.3) is 0 Å². The molecular formula is C65H98O6. The fraction of sp³-hybridized carbons (Fsp3) is 0.523. The minimum Gasteiger partial charge on any atom is -0.462 e. The highest BCUT2D eigenvalue weighted by Crippen LogP contribution is 2.10. The second-order valence-electron chi connectivity index (χ2n) is 17.4. The van der Waals surface area contributed by atoms with Gasteiger partial charge in [-0.15, -0.1) is 0 Å². The fourth-order valence-electron chi connectivity index (χ4n) is 6.61. The van der Waals surface area contributed by atoms with Crippen molar-refractivity contribution < 1.29 is 28.6 Å². The maximum Gasteiger partial charge on any atom is 0.306 e. The Labute approximate surface area is 434 Å². The minimum absolute atomic E-state index is 0.144. The van der Waals surface area contributed by atoms with Crippen molar-refractivity contribution in [3.8, 4) is 0 Å². The van der Waals surface area contributed by atoms with Crippen molar-refractivity contribution in [3.63, 3.8) is 0 Å². The van der Waals surface area contributed by atoms with Crippen LogP contribution in [0.25, 0.3) is 0 Å². The van der Waals surface area contributed by atoms with Gasteiger partial charge in [-0.3, -0.25) is 14.4 Å². The van der Waals surface area contributed by atoms with Crippen molar-refractivity contribution in [1.29, 1.82) is 0 Å². The van der Waals surface area contributed by atoms with Crippen molar-refractivity contribution in [2.45, 2.75) is 207 Å². The molecule has 0 aromatic heterocycles. The lowest BCUT2D eigenvalue weighted by atomic mass is 10.1. The van der Waals surface area contributed by atoms with Gasteiger partial charge in [0.15, 0.2) is 6.10 Å². The van der Waals surface area contributed by atoms with Crippen LogP contribution in [-0.4, -0.2) is 37.2 Å². The van der Waals surface area contributed by atoms with Crippen LogP contribution in [0.1, 0.15) is 201 Å². The Hall–Kier alpha value is -5.23. The number of hydrogen-bond acceptors (Lipinski definition) is 6. The summed E-state index contributed by atoms with van der Waals surface area (Å²) < 4.78 is 16.7. The molecule has 0 fully saturated rings. The molecule has 0 amide bonds. The summed E-state index contributed by atoms with van der Waals surface area (Å²) in [5.74, 6) is -1.10. The van der Waals surface area contributed by atoms with Crippen molar-refractivity contribution in [2.75, 3.05) is 13.2 Å². The Morgan fingerprint density at radius 1 is 0.296 bits per heavy atom. The van der Waals surface area contributed by atoms with Crippen LogP contribution in [0.2, 0.25) is 0 Å². The molecule has 0 spiro atoms. The Kier molecular flexibility index (Phi) is 53.1. The molecule has 0 aromatic carbocycles. The van der Waals surface area contributed by atoms with Gasteiger partial charge in [-0.2, -0.15) is 0 Å². The number of rotatable bonds is 47. The molecule has 0 aliphatic rings. The Morgan fingerprint density at radius 2 is 0.563 bits per heavy atom. The monoisotopic (exact) mass is 975 g/mol. The third kappa shape index (κ3) is 55.6. The molecule has 0 saturated carbocycles. The van der Waals surface area contributed by atoms with Gasteiger partial charge in [0.05, 0.1) is 0 Å². The van der Waals surface area contributed by atoms with Crippen LogP contribution in [-0.2, 0) is 28.6 Å². The van der Waals surface area contributed by atoms with Crippen LogP contribution >= 0.6 is 0 Å². The van der Waals surface area contributed by atoms with Crippen LogP contribution in [0, 0.1) is 0 Å². The van der Waals surface area contributed by atoms with Crippen LogP contribution < -0.4 is 0 Å². The van der Waals surface area contributed by atoms with E-state index in [-0.39, 0.29) is 44.4 Å². The van der Waals surface area contributed by atoms with E-state index in [1.807, 2.05) is 0 Å². The van der Waals surface area contributed by atoms with Gasteiger partial charge in [0.2, 0.25) is 0 Å². The maximum absolute atomic E-state index is 12.8. The summed E-state index contributed by atoms with van der Waals surface area (Å²) in [6, 6.07) is 0. The van der Waals surface area contributed by atoms with Gasteiger partial charge < -0.3 is 14.2 Å². The van der Waals surface area contributed by atoms with Gasteiger partial charge in [-0.1, -0.05) is 210 Å². The van der Waals surface area contributed by atoms with Crippen molar-refractivity contribution in [3.05, 3.63) is 170 Å². The summed E-state index contributed by atoms with van der Waals surface area (Å²) >= 11 is 0. The summed E-state index contributed by atoms with van der Waals surface area (Å²) in [6.07, 6.45) is 84.9. The van der Waals surface area contributed by atoms with E-state index in [4.69, 9.17) is 14.2 Å². The lowest BCUT2D eigenvalue weighted by molar-refractivity contribution is -0.167. The number of carbonyl (C=O) groups excluding carboxylic acids is 3. The molecule has 71 heavy (non-hydrogen) atoms. The summed E-state index contributed by atoms with van der Waals surface area (Å²) in [5, 5.41) is 0. The predicted octanol–water partition coefficient (Wildman–Crippen LogP) is 18.8. The highest BCUT2D eigenvalue weighted by atomic mass is 16.6. The van der Waals surface area contributed by atoms with Crippen LogP contribution in [0.3, 0.4) is 0 Å².